The van der Waals surface area contributed by atoms with Crippen molar-refractivity contribution in [2.75, 3.05) is 26.7 Å². The summed E-state index contributed by atoms with van der Waals surface area (Å²) in [7, 11) is 2.20. The van der Waals surface area contributed by atoms with Gasteiger partial charge in [0.25, 0.3) is 0 Å². The first kappa shape index (κ1) is 17.5. The second-order valence-electron chi connectivity index (χ2n) is 7.96. The number of rotatable bonds is 3. The molecule has 3 nitrogen and oxygen atoms in total. The van der Waals surface area contributed by atoms with E-state index in [0.717, 1.165) is 32.5 Å². The second kappa shape index (κ2) is 7.03. The van der Waals surface area contributed by atoms with Crippen LogP contribution in [-0.2, 0) is 11.2 Å². The van der Waals surface area contributed by atoms with Crippen molar-refractivity contribution in [3.8, 4) is 0 Å². The largest absolute Gasteiger partial charge is 0.343 e. The number of nitrogens with zero attached hydrogens (tertiary/aromatic N) is 2. The van der Waals surface area contributed by atoms with Gasteiger partial charge in [-0.2, -0.15) is 0 Å². The molecule has 3 atom stereocenters. The van der Waals surface area contributed by atoms with Crippen LogP contribution in [-0.4, -0.2) is 48.4 Å². The highest BCUT2D eigenvalue weighted by Gasteiger charge is 2.36. The second-order valence-corrected chi connectivity index (χ2v) is 7.96. The average molecular weight is 351 g/mol. The maximum atomic E-state index is 13.0. The first-order chi connectivity index (χ1) is 12.6. The highest BCUT2D eigenvalue weighted by Crippen LogP contribution is 2.41. The van der Waals surface area contributed by atoms with Crippen molar-refractivity contribution in [1.29, 1.82) is 0 Å². The predicted octanol–water partition coefficient (Wildman–Crippen LogP) is 3.85. The molecule has 2 bridgehead atoms. The average Bonchev–Trinajstić information content (AvgIpc) is 2.83. The Morgan fingerprint density at radius 1 is 1.27 bits per heavy atom. The van der Waals surface area contributed by atoms with Crippen molar-refractivity contribution < 1.29 is 4.79 Å². The normalized spacial score (nSPS) is 27.2. The Morgan fingerprint density at radius 2 is 2.08 bits per heavy atom. The molecule has 1 aromatic carbocycles. The molecule has 3 unspecified atom stereocenters. The topological polar surface area (TPSA) is 23.6 Å². The Labute approximate surface area is 157 Å². The van der Waals surface area contributed by atoms with Crippen LogP contribution in [0.1, 0.15) is 43.4 Å². The summed E-state index contributed by atoms with van der Waals surface area (Å²) >= 11 is 0. The first-order valence-electron chi connectivity index (χ1n) is 10.1. The van der Waals surface area contributed by atoms with E-state index in [2.05, 4.69) is 62.2 Å². The first-order valence-corrected chi connectivity index (χ1v) is 10.1. The van der Waals surface area contributed by atoms with Crippen molar-refractivity contribution in [3.63, 3.8) is 0 Å². The fourth-order valence-electron chi connectivity index (χ4n) is 5.01. The lowest BCUT2D eigenvalue weighted by molar-refractivity contribution is -0.134. The van der Waals surface area contributed by atoms with Gasteiger partial charge in [-0.15, -0.1) is 0 Å². The summed E-state index contributed by atoms with van der Waals surface area (Å²) < 4.78 is 0. The fraction of sp³-hybridized carbons (Fsp3) is 0.522. The molecule has 0 radical (unpaired) electrons. The van der Waals surface area contributed by atoms with Crippen molar-refractivity contribution >= 4 is 17.6 Å². The molecular formula is C23H30N2O. The standard InChI is InChI=1S/C23H30N2O/c1-4-25(5-2)23(26)18-14-21-20-8-6-7-17-11-9-16(10-12-19(17)20)13-22(21)24(3)15-18/h6-9,11,14,16,18,22H,4-5,10,12-13,15H2,1-3H3. The number of carbonyl (C=O) groups is 1. The monoisotopic (exact) mass is 350 g/mol. The van der Waals surface area contributed by atoms with E-state index >= 15 is 0 Å². The number of allylic oxidation sites excluding steroid dienone is 1. The minimum Gasteiger partial charge on any atom is -0.343 e. The highest BCUT2D eigenvalue weighted by atomic mass is 16.2. The van der Waals surface area contributed by atoms with E-state index in [9.17, 15) is 4.79 Å². The van der Waals surface area contributed by atoms with Crippen LogP contribution >= 0.6 is 0 Å². The maximum absolute atomic E-state index is 13.0. The number of hydrogen-bond donors (Lipinski definition) is 0. The van der Waals surface area contributed by atoms with Gasteiger partial charge < -0.3 is 4.90 Å². The van der Waals surface area contributed by atoms with E-state index in [1.165, 1.54) is 28.7 Å². The van der Waals surface area contributed by atoms with Crippen LogP contribution in [0.2, 0.25) is 0 Å². The van der Waals surface area contributed by atoms with Crippen LogP contribution in [0.15, 0.2) is 30.4 Å². The van der Waals surface area contributed by atoms with Gasteiger partial charge in [-0.1, -0.05) is 36.4 Å². The number of fused-ring (bicyclic) bond motifs is 4. The molecule has 0 aromatic heterocycles. The van der Waals surface area contributed by atoms with Crippen LogP contribution in [0, 0.1) is 11.8 Å². The minimum absolute atomic E-state index is 0.0331. The molecule has 0 saturated heterocycles. The van der Waals surface area contributed by atoms with Crippen LogP contribution in [0.3, 0.4) is 0 Å². The van der Waals surface area contributed by atoms with Gasteiger partial charge in [-0.25, -0.2) is 0 Å². The van der Waals surface area contributed by atoms with Gasteiger partial charge in [0.05, 0.1) is 5.92 Å². The van der Waals surface area contributed by atoms with Gasteiger partial charge in [-0.3, -0.25) is 9.69 Å². The summed E-state index contributed by atoms with van der Waals surface area (Å²) in [6, 6.07) is 7.11. The lowest BCUT2D eigenvalue weighted by Gasteiger charge is -2.40. The Bertz CT molecular complexity index is 759. The third kappa shape index (κ3) is 2.92. The van der Waals surface area contributed by atoms with Gasteiger partial charge in [0.15, 0.2) is 0 Å². The Balaban J connectivity index is 1.81. The van der Waals surface area contributed by atoms with Crippen molar-refractivity contribution in [1.82, 2.24) is 9.80 Å². The van der Waals surface area contributed by atoms with Gasteiger partial charge in [-0.05, 0) is 68.3 Å². The maximum Gasteiger partial charge on any atom is 0.230 e. The SMILES string of the molecule is CCN(CC)C(=O)C1C=C2c3cccc4c3CCC(C=C4)CC2N(C)C1. The number of amides is 1. The predicted molar refractivity (Wildman–Crippen MR) is 108 cm³/mol. The van der Waals surface area contributed by atoms with Gasteiger partial charge >= 0.3 is 0 Å². The van der Waals surface area contributed by atoms with Crippen molar-refractivity contribution in [2.45, 2.75) is 39.2 Å². The van der Waals surface area contributed by atoms with E-state index < -0.39 is 0 Å². The summed E-state index contributed by atoms with van der Waals surface area (Å²) in [6.45, 7) is 6.54. The lowest BCUT2D eigenvalue weighted by atomic mass is 9.78. The number of hydrogen-bond acceptors (Lipinski definition) is 2. The molecule has 0 spiro atoms. The van der Waals surface area contributed by atoms with Gasteiger partial charge in [0.2, 0.25) is 5.91 Å². The molecule has 1 aromatic rings. The van der Waals surface area contributed by atoms with E-state index in [4.69, 9.17) is 0 Å². The highest BCUT2D eigenvalue weighted by molar-refractivity contribution is 5.86. The summed E-state index contributed by atoms with van der Waals surface area (Å²) in [6.07, 6.45) is 10.6. The lowest BCUT2D eigenvalue weighted by Crippen LogP contribution is -2.47. The molecule has 4 rings (SSSR count). The molecule has 1 amide bonds. The zero-order valence-corrected chi connectivity index (χ0v) is 16.2. The van der Waals surface area contributed by atoms with Crippen LogP contribution < -0.4 is 0 Å². The quantitative estimate of drug-likeness (QED) is 0.827. The number of benzene rings is 1. The molecule has 0 N–H and O–H groups in total. The molecule has 0 saturated carbocycles. The molecule has 1 heterocycles. The van der Waals surface area contributed by atoms with Crippen LogP contribution in [0.25, 0.3) is 11.6 Å². The smallest absolute Gasteiger partial charge is 0.230 e. The molecule has 0 fully saturated rings. The molecule has 3 aliphatic rings. The van der Waals surface area contributed by atoms with E-state index in [1.807, 2.05) is 4.90 Å². The molecular weight excluding hydrogens is 320 g/mol. The Hall–Kier alpha value is -1.87. The summed E-state index contributed by atoms with van der Waals surface area (Å²) in [5.74, 6) is 0.868. The molecule has 26 heavy (non-hydrogen) atoms. The van der Waals surface area contributed by atoms with Crippen LogP contribution in [0.4, 0.5) is 0 Å². The number of likely N-dealkylation sites (N-methyl/N-ethyl adjacent to an activating group) is 1. The van der Waals surface area contributed by atoms with Gasteiger partial charge in [0, 0.05) is 25.7 Å². The van der Waals surface area contributed by atoms with Crippen LogP contribution in [0.5, 0.6) is 0 Å². The summed E-state index contributed by atoms with van der Waals surface area (Å²) in [4.78, 5) is 17.4. The minimum atomic E-state index is -0.0331. The number of carbonyl (C=O) groups excluding carboxylic acids is 1. The van der Waals surface area contributed by atoms with Gasteiger partial charge in [0.1, 0.15) is 0 Å². The third-order valence-corrected chi connectivity index (χ3v) is 6.51. The van der Waals surface area contributed by atoms with E-state index in [-0.39, 0.29) is 11.8 Å². The molecule has 1 aliphatic heterocycles. The molecule has 138 valence electrons. The molecule has 3 heteroatoms. The summed E-state index contributed by atoms with van der Waals surface area (Å²) in [5.41, 5.74) is 5.61. The van der Waals surface area contributed by atoms with Crippen molar-refractivity contribution in [3.05, 3.63) is 47.0 Å². The summed E-state index contributed by atoms with van der Waals surface area (Å²) in [5, 5.41) is 0. The Kier molecular flexibility index (Phi) is 4.74. The van der Waals surface area contributed by atoms with E-state index in [1.54, 1.807) is 0 Å². The molecule has 2 aliphatic carbocycles. The Morgan fingerprint density at radius 3 is 2.85 bits per heavy atom. The fourth-order valence-corrected chi connectivity index (χ4v) is 5.01. The zero-order chi connectivity index (χ0) is 18.3. The third-order valence-electron chi connectivity index (χ3n) is 6.51. The van der Waals surface area contributed by atoms with Crippen molar-refractivity contribution in [2.24, 2.45) is 11.8 Å². The van der Waals surface area contributed by atoms with E-state index in [0.29, 0.717) is 12.0 Å². The zero-order valence-electron chi connectivity index (χ0n) is 16.2.